The molecule has 192 valence electrons. The Kier molecular flexibility index (Phi) is 6.17. The molecule has 1 atom stereocenters. The van der Waals surface area contributed by atoms with E-state index in [9.17, 15) is 14.4 Å². The normalized spacial score (nSPS) is 14.5. The lowest BCUT2D eigenvalue weighted by Crippen LogP contribution is -2.35. The van der Waals surface area contributed by atoms with Gasteiger partial charge in [-0.2, -0.15) is 0 Å². The van der Waals surface area contributed by atoms with Crippen molar-refractivity contribution in [2.45, 2.75) is 12.8 Å². The predicted octanol–water partition coefficient (Wildman–Crippen LogP) is 5.68. The van der Waals surface area contributed by atoms with Crippen LogP contribution in [0.5, 0.6) is 5.75 Å². The highest BCUT2D eigenvalue weighted by molar-refractivity contribution is 6.01. The monoisotopic (exact) mass is 517 g/mol. The first kappa shape index (κ1) is 24.2. The number of nitrogens with one attached hydrogen (secondary N) is 1. The molecule has 1 N–H and O–H groups in total. The SMILES string of the molecule is CCOC(=O)C1=C(NC(=O)c2cc3ccccc3oc2=O)Oc2ccc3ccccc3c2C1c1ccccc1. The van der Waals surface area contributed by atoms with Crippen LogP contribution in [0.2, 0.25) is 0 Å². The fourth-order valence-corrected chi connectivity index (χ4v) is 4.98. The minimum absolute atomic E-state index is 0.0948. The number of hydrogen-bond acceptors (Lipinski definition) is 6. The van der Waals surface area contributed by atoms with E-state index in [-0.39, 0.29) is 23.6 Å². The van der Waals surface area contributed by atoms with Gasteiger partial charge in [-0.1, -0.05) is 78.9 Å². The van der Waals surface area contributed by atoms with Gasteiger partial charge in [-0.15, -0.1) is 0 Å². The minimum atomic E-state index is -0.800. The Balaban J connectivity index is 1.54. The number of amides is 1. The third-order valence-corrected chi connectivity index (χ3v) is 6.71. The van der Waals surface area contributed by atoms with Crippen molar-refractivity contribution < 1.29 is 23.5 Å². The van der Waals surface area contributed by atoms with E-state index in [1.165, 1.54) is 6.07 Å². The Morgan fingerprint density at radius 2 is 1.59 bits per heavy atom. The number of fused-ring (bicyclic) bond motifs is 4. The zero-order valence-electron chi connectivity index (χ0n) is 21.0. The summed E-state index contributed by atoms with van der Waals surface area (Å²) in [6.45, 7) is 1.84. The van der Waals surface area contributed by atoms with Gasteiger partial charge >= 0.3 is 11.6 Å². The molecule has 7 nitrogen and oxygen atoms in total. The van der Waals surface area contributed by atoms with Crippen molar-refractivity contribution >= 4 is 33.6 Å². The van der Waals surface area contributed by atoms with E-state index >= 15 is 0 Å². The van der Waals surface area contributed by atoms with Crippen LogP contribution in [-0.2, 0) is 9.53 Å². The summed E-state index contributed by atoms with van der Waals surface area (Å²) in [4.78, 5) is 39.6. The van der Waals surface area contributed by atoms with Gasteiger partial charge in [0.15, 0.2) is 0 Å². The summed E-state index contributed by atoms with van der Waals surface area (Å²) < 4.78 is 17.0. The molecule has 0 fully saturated rings. The van der Waals surface area contributed by atoms with Crippen molar-refractivity contribution in [3.63, 3.8) is 0 Å². The number of para-hydroxylation sites is 1. The van der Waals surface area contributed by atoms with E-state index in [0.717, 1.165) is 21.9 Å². The fourth-order valence-electron chi connectivity index (χ4n) is 4.98. The van der Waals surface area contributed by atoms with Crippen LogP contribution in [0.1, 0.15) is 34.3 Å². The maximum Gasteiger partial charge on any atom is 0.349 e. The Labute approximate surface area is 223 Å². The summed E-state index contributed by atoms with van der Waals surface area (Å²) in [5.41, 5.74) is 1.08. The summed E-state index contributed by atoms with van der Waals surface area (Å²) in [7, 11) is 0. The smallest absolute Gasteiger partial charge is 0.349 e. The number of carbonyl (C=O) groups is 2. The zero-order valence-corrected chi connectivity index (χ0v) is 21.0. The first-order chi connectivity index (χ1) is 19.0. The molecular weight excluding hydrogens is 494 g/mol. The van der Waals surface area contributed by atoms with Crippen LogP contribution in [0.4, 0.5) is 0 Å². The summed E-state index contributed by atoms with van der Waals surface area (Å²) in [6.07, 6.45) is 0. The molecule has 0 bridgehead atoms. The lowest BCUT2D eigenvalue weighted by atomic mass is 9.80. The van der Waals surface area contributed by atoms with Crippen molar-refractivity contribution in [2.75, 3.05) is 6.61 Å². The van der Waals surface area contributed by atoms with Crippen LogP contribution in [0, 0.1) is 0 Å². The Morgan fingerprint density at radius 3 is 2.38 bits per heavy atom. The molecule has 5 aromatic rings. The van der Waals surface area contributed by atoms with Crippen molar-refractivity contribution in [3.8, 4) is 5.75 Å². The lowest BCUT2D eigenvalue weighted by Gasteiger charge is -2.31. The third-order valence-electron chi connectivity index (χ3n) is 6.71. The van der Waals surface area contributed by atoms with Crippen LogP contribution in [0.15, 0.2) is 118 Å². The number of esters is 1. The molecule has 4 aromatic carbocycles. The minimum Gasteiger partial charge on any atom is -0.462 e. The maximum atomic E-state index is 13.5. The van der Waals surface area contributed by atoms with Gasteiger partial charge < -0.3 is 13.9 Å². The van der Waals surface area contributed by atoms with Crippen LogP contribution in [0.25, 0.3) is 21.7 Å². The average molecular weight is 518 g/mol. The Bertz CT molecular complexity index is 1840. The molecule has 1 aliphatic rings. The molecule has 0 radical (unpaired) electrons. The van der Waals surface area contributed by atoms with Gasteiger partial charge in [0.05, 0.1) is 12.5 Å². The fraction of sp³-hybridized carbons (Fsp3) is 0.0938. The average Bonchev–Trinajstić information content (AvgIpc) is 2.96. The van der Waals surface area contributed by atoms with E-state index in [2.05, 4.69) is 5.32 Å². The molecule has 7 heteroatoms. The highest BCUT2D eigenvalue weighted by atomic mass is 16.5. The molecule has 1 aromatic heterocycles. The standard InChI is InChI=1S/C32H23NO6/c1-2-37-32(36)28-26(20-11-4-3-5-12-20)27-22-14-8-6-10-19(22)16-17-25(27)38-30(28)33-29(34)23-18-21-13-7-9-15-24(21)39-31(23)35/h3-18,26H,2H2,1H3,(H,33,34). The topological polar surface area (TPSA) is 94.8 Å². The zero-order chi connectivity index (χ0) is 26.9. The van der Waals surface area contributed by atoms with Crippen molar-refractivity contribution in [3.05, 3.63) is 136 Å². The molecule has 0 saturated heterocycles. The van der Waals surface area contributed by atoms with Gasteiger partial charge in [0, 0.05) is 10.9 Å². The van der Waals surface area contributed by atoms with Crippen molar-refractivity contribution in [1.82, 2.24) is 5.32 Å². The summed E-state index contributed by atoms with van der Waals surface area (Å²) in [5, 5.41) is 5.15. The molecule has 0 spiro atoms. The third kappa shape index (κ3) is 4.34. The second kappa shape index (κ2) is 9.95. The molecule has 39 heavy (non-hydrogen) atoms. The first-order valence-corrected chi connectivity index (χ1v) is 12.5. The lowest BCUT2D eigenvalue weighted by molar-refractivity contribution is -0.139. The van der Waals surface area contributed by atoms with Gasteiger partial charge in [0.1, 0.15) is 22.5 Å². The first-order valence-electron chi connectivity index (χ1n) is 12.5. The van der Waals surface area contributed by atoms with E-state index in [1.54, 1.807) is 31.2 Å². The van der Waals surface area contributed by atoms with E-state index < -0.39 is 23.4 Å². The quantitative estimate of drug-likeness (QED) is 0.238. The molecule has 1 aliphatic heterocycles. The second-order valence-corrected chi connectivity index (χ2v) is 9.05. The second-order valence-electron chi connectivity index (χ2n) is 9.05. The van der Waals surface area contributed by atoms with Crippen molar-refractivity contribution in [1.29, 1.82) is 0 Å². The van der Waals surface area contributed by atoms with Gasteiger partial charge in [0.2, 0.25) is 5.88 Å². The summed E-state index contributed by atoms with van der Waals surface area (Å²) >= 11 is 0. The predicted molar refractivity (Wildman–Crippen MR) is 146 cm³/mol. The number of carbonyl (C=O) groups excluding carboxylic acids is 2. The molecule has 0 aliphatic carbocycles. The van der Waals surface area contributed by atoms with Gasteiger partial charge in [-0.25, -0.2) is 9.59 Å². The molecule has 2 heterocycles. The van der Waals surface area contributed by atoms with Gasteiger partial charge in [-0.3, -0.25) is 10.1 Å². The van der Waals surface area contributed by atoms with Crippen LogP contribution < -0.4 is 15.7 Å². The van der Waals surface area contributed by atoms with Crippen molar-refractivity contribution in [2.24, 2.45) is 0 Å². The molecule has 0 saturated carbocycles. The van der Waals surface area contributed by atoms with Crippen LogP contribution >= 0.6 is 0 Å². The highest BCUT2D eigenvalue weighted by Gasteiger charge is 2.38. The van der Waals surface area contributed by atoms with Crippen LogP contribution in [-0.4, -0.2) is 18.5 Å². The van der Waals surface area contributed by atoms with Gasteiger partial charge in [-0.05, 0) is 41.5 Å². The molecule has 1 amide bonds. The Morgan fingerprint density at radius 1 is 0.872 bits per heavy atom. The number of ether oxygens (including phenoxy) is 2. The molecule has 6 rings (SSSR count). The maximum absolute atomic E-state index is 13.5. The Hall–Kier alpha value is -5.17. The number of hydrogen-bond donors (Lipinski definition) is 1. The van der Waals surface area contributed by atoms with Crippen LogP contribution in [0.3, 0.4) is 0 Å². The van der Waals surface area contributed by atoms with Gasteiger partial charge in [0.25, 0.3) is 5.91 Å². The van der Waals surface area contributed by atoms with E-state index in [0.29, 0.717) is 16.7 Å². The highest BCUT2D eigenvalue weighted by Crippen LogP contribution is 2.46. The number of rotatable bonds is 5. The largest absolute Gasteiger partial charge is 0.462 e. The van der Waals surface area contributed by atoms with E-state index in [4.69, 9.17) is 13.9 Å². The summed E-state index contributed by atoms with van der Waals surface area (Å²) in [5.74, 6) is -1.62. The molecule has 1 unspecified atom stereocenters. The molecular formula is C32H23NO6. The summed E-state index contributed by atoms with van der Waals surface area (Å²) in [6, 6.07) is 29.4. The number of benzene rings is 4. The van der Waals surface area contributed by atoms with E-state index in [1.807, 2.05) is 66.7 Å².